The lowest BCUT2D eigenvalue weighted by Gasteiger charge is -2.13. The predicted molar refractivity (Wildman–Crippen MR) is 94.0 cm³/mol. The smallest absolute Gasteiger partial charge is 0.324 e. The van der Waals surface area contributed by atoms with Gasteiger partial charge in [0.05, 0.1) is 33.4 Å². The lowest BCUT2D eigenvalue weighted by Crippen LogP contribution is -2.15. The van der Waals surface area contributed by atoms with E-state index >= 15 is 0 Å². The normalized spacial score (nSPS) is 12.9. The number of hydrogen-bond acceptors (Lipinski definition) is 6. The fourth-order valence-corrected chi connectivity index (χ4v) is 3.75. The van der Waals surface area contributed by atoms with Crippen LogP contribution in [0.5, 0.6) is 0 Å². The highest BCUT2D eigenvalue weighted by molar-refractivity contribution is 7.91. The Morgan fingerprint density at radius 1 is 1.13 bits per heavy atom. The molecule has 3 aromatic heterocycles. The van der Waals surface area contributed by atoms with Crippen molar-refractivity contribution in [3.63, 3.8) is 0 Å². The summed E-state index contributed by atoms with van der Waals surface area (Å²) >= 11 is 0. The maximum absolute atomic E-state index is 13.8. The summed E-state index contributed by atoms with van der Waals surface area (Å²) in [6, 6.07) is 2.08. The summed E-state index contributed by atoms with van der Waals surface area (Å²) in [4.78, 5) is 10.5. The maximum Gasteiger partial charge on any atom is 0.433 e. The van der Waals surface area contributed by atoms with E-state index in [-0.39, 0.29) is 22.6 Å². The minimum atomic E-state index is -4.72. The highest BCUT2D eigenvalue weighted by atomic mass is 32.2. The van der Waals surface area contributed by atoms with Crippen LogP contribution in [0.2, 0.25) is 0 Å². The monoisotopic (exact) mass is 445 g/mol. The molecule has 0 bridgehead atoms. The van der Waals surface area contributed by atoms with E-state index in [1.165, 1.54) is 18.5 Å². The molecule has 7 nitrogen and oxygen atoms in total. The van der Waals surface area contributed by atoms with Crippen molar-refractivity contribution in [2.24, 2.45) is 7.05 Å². The van der Waals surface area contributed by atoms with Gasteiger partial charge in [0.25, 0.3) is 0 Å². The van der Waals surface area contributed by atoms with Crippen LogP contribution in [0, 0.1) is 11.3 Å². The molecule has 3 heterocycles. The van der Waals surface area contributed by atoms with Crippen molar-refractivity contribution in [2.75, 3.05) is 5.75 Å². The summed E-state index contributed by atoms with van der Waals surface area (Å²) in [5, 5.41) is 8.62. The summed E-state index contributed by atoms with van der Waals surface area (Å²) in [6.45, 7) is 1.28. The highest BCUT2D eigenvalue weighted by Crippen LogP contribution is 2.35. The number of fused-ring (bicyclic) bond motifs is 1. The Labute approximate surface area is 166 Å². The molecular weight excluding hydrogens is 433 g/mol. The van der Waals surface area contributed by atoms with Gasteiger partial charge in [-0.1, -0.05) is 6.92 Å². The molecule has 0 radical (unpaired) electrons. The van der Waals surface area contributed by atoms with Gasteiger partial charge in [0.15, 0.2) is 15.7 Å². The molecule has 0 N–H and O–H groups in total. The first-order chi connectivity index (χ1) is 13.8. The van der Waals surface area contributed by atoms with Crippen LogP contribution in [0.3, 0.4) is 0 Å². The highest BCUT2D eigenvalue weighted by Gasteiger charge is 2.35. The molecule has 0 spiro atoms. The molecular formula is C17H12F5N5O2S. The van der Waals surface area contributed by atoms with E-state index in [0.717, 1.165) is 12.3 Å². The van der Waals surface area contributed by atoms with Crippen molar-refractivity contribution in [3.8, 4) is 17.6 Å². The second kappa shape index (κ2) is 6.98. The number of halogens is 5. The second-order valence-corrected chi connectivity index (χ2v) is 8.46. The average Bonchev–Trinajstić information content (AvgIpc) is 3.02. The predicted octanol–water partition coefficient (Wildman–Crippen LogP) is 3.46. The Morgan fingerprint density at radius 3 is 2.37 bits per heavy atom. The molecule has 0 aliphatic rings. The van der Waals surface area contributed by atoms with Gasteiger partial charge in [-0.2, -0.15) is 27.2 Å². The van der Waals surface area contributed by atoms with Gasteiger partial charge in [0.2, 0.25) is 0 Å². The molecule has 0 saturated carbocycles. The van der Waals surface area contributed by atoms with Crippen LogP contribution in [0.15, 0.2) is 29.4 Å². The number of nitrogens with zero attached hydrogens (tertiary/aromatic N) is 5. The summed E-state index contributed by atoms with van der Waals surface area (Å²) in [5.41, 5.74) is -2.45. The van der Waals surface area contributed by atoms with Gasteiger partial charge in [0, 0.05) is 13.2 Å². The number of rotatable bonds is 4. The van der Waals surface area contributed by atoms with Gasteiger partial charge < -0.3 is 4.57 Å². The number of hydrogen-bond donors (Lipinski definition) is 0. The van der Waals surface area contributed by atoms with Crippen LogP contribution in [0.1, 0.15) is 18.2 Å². The molecule has 0 atom stereocenters. The first kappa shape index (κ1) is 21.6. The van der Waals surface area contributed by atoms with E-state index in [2.05, 4.69) is 15.0 Å². The Bertz CT molecular complexity index is 1290. The summed E-state index contributed by atoms with van der Waals surface area (Å²) in [6.07, 6.45) is -3.17. The number of imidazole rings is 1. The van der Waals surface area contributed by atoms with Crippen molar-refractivity contribution < 1.29 is 30.4 Å². The minimum absolute atomic E-state index is 0.136. The topological polar surface area (TPSA) is 102 Å². The molecule has 158 valence electrons. The molecule has 0 aromatic carbocycles. The molecule has 13 heteroatoms. The number of aromatic nitrogens is 4. The van der Waals surface area contributed by atoms with Gasteiger partial charge in [0.1, 0.15) is 17.5 Å². The van der Waals surface area contributed by atoms with E-state index in [1.54, 1.807) is 0 Å². The van der Waals surface area contributed by atoms with Crippen LogP contribution < -0.4 is 0 Å². The van der Waals surface area contributed by atoms with E-state index in [4.69, 9.17) is 5.26 Å². The molecule has 0 amide bonds. The van der Waals surface area contributed by atoms with Crippen LogP contribution in [-0.2, 0) is 29.0 Å². The molecule has 0 fully saturated rings. The zero-order chi connectivity index (χ0) is 22.5. The number of alkyl halides is 5. The van der Waals surface area contributed by atoms with Crippen LogP contribution >= 0.6 is 0 Å². The Hall–Kier alpha value is -3.14. The largest absolute Gasteiger partial charge is 0.433 e. The van der Waals surface area contributed by atoms with Gasteiger partial charge in [-0.3, -0.25) is 4.98 Å². The standard InChI is InChI=1S/C17H12F5N5O2S/c1-3-30(28,29)12-4-9(16(18,19)8-23)6-25-14(12)15-26-10-5-13(17(20,21)22)24-7-11(10)27(15)2/h4-7H,3H2,1-2H3. The van der Waals surface area contributed by atoms with Crippen molar-refractivity contribution in [1.82, 2.24) is 19.5 Å². The second-order valence-electron chi connectivity index (χ2n) is 6.21. The fraction of sp³-hybridized carbons (Fsp3) is 0.294. The zero-order valence-electron chi connectivity index (χ0n) is 15.4. The quantitative estimate of drug-likeness (QED) is 0.570. The molecule has 3 rings (SSSR count). The third kappa shape index (κ3) is 3.58. The van der Waals surface area contributed by atoms with Crippen molar-refractivity contribution >= 4 is 20.9 Å². The van der Waals surface area contributed by atoms with Crippen molar-refractivity contribution in [3.05, 3.63) is 35.8 Å². The first-order valence-corrected chi connectivity index (χ1v) is 9.89. The number of nitriles is 1. The third-order valence-corrected chi connectivity index (χ3v) is 6.08. The molecule has 0 unspecified atom stereocenters. The maximum atomic E-state index is 13.8. The lowest BCUT2D eigenvalue weighted by atomic mass is 10.1. The summed E-state index contributed by atoms with van der Waals surface area (Å²) in [5.74, 6) is -4.61. The Morgan fingerprint density at radius 2 is 1.80 bits per heavy atom. The summed E-state index contributed by atoms with van der Waals surface area (Å²) < 4.78 is 92.5. The van der Waals surface area contributed by atoms with Gasteiger partial charge in [-0.05, 0) is 12.1 Å². The number of aryl methyl sites for hydroxylation is 1. The van der Waals surface area contributed by atoms with E-state index in [9.17, 15) is 30.4 Å². The fourth-order valence-electron chi connectivity index (χ4n) is 2.70. The average molecular weight is 445 g/mol. The zero-order valence-corrected chi connectivity index (χ0v) is 16.2. The third-order valence-electron chi connectivity index (χ3n) is 4.34. The van der Waals surface area contributed by atoms with Gasteiger partial charge in [-0.25, -0.2) is 18.4 Å². The first-order valence-electron chi connectivity index (χ1n) is 8.24. The molecule has 30 heavy (non-hydrogen) atoms. The number of pyridine rings is 2. The van der Waals surface area contributed by atoms with E-state index in [1.807, 2.05) is 0 Å². The van der Waals surface area contributed by atoms with E-state index < -0.39 is 43.8 Å². The SMILES string of the molecule is CCS(=O)(=O)c1cc(C(F)(F)C#N)cnc1-c1nc2cc(C(F)(F)F)ncc2n1C. The van der Waals surface area contributed by atoms with Crippen molar-refractivity contribution in [2.45, 2.75) is 23.9 Å². The van der Waals surface area contributed by atoms with Crippen LogP contribution in [0.25, 0.3) is 22.6 Å². The Balaban J connectivity index is 2.31. The minimum Gasteiger partial charge on any atom is -0.324 e. The summed E-state index contributed by atoms with van der Waals surface area (Å²) in [7, 11) is -2.72. The molecule has 3 aromatic rings. The Kier molecular flexibility index (Phi) is 5.02. The van der Waals surface area contributed by atoms with Crippen LogP contribution in [-0.4, -0.2) is 33.7 Å². The van der Waals surface area contributed by atoms with Gasteiger partial charge >= 0.3 is 12.1 Å². The molecule has 0 aliphatic carbocycles. The molecule has 0 aliphatic heterocycles. The van der Waals surface area contributed by atoms with E-state index in [0.29, 0.717) is 18.3 Å². The number of sulfone groups is 1. The lowest BCUT2D eigenvalue weighted by molar-refractivity contribution is -0.141. The van der Waals surface area contributed by atoms with Crippen molar-refractivity contribution in [1.29, 1.82) is 5.26 Å². The molecule has 0 saturated heterocycles. The van der Waals surface area contributed by atoms with Gasteiger partial charge in [-0.15, -0.1) is 0 Å². The van der Waals surface area contributed by atoms with Crippen LogP contribution in [0.4, 0.5) is 22.0 Å².